The number of methoxy groups -OCH3 is 1. The maximum absolute atomic E-state index is 12.1. The van der Waals surface area contributed by atoms with Crippen LogP contribution in [0.15, 0.2) is 24.3 Å². The molecular formula is C19H21N3O5. The van der Waals surface area contributed by atoms with Crippen molar-refractivity contribution in [1.82, 2.24) is 10.2 Å². The summed E-state index contributed by atoms with van der Waals surface area (Å²) >= 11 is 0. The minimum Gasteiger partial charge on any atom is -0.453 e. The van der Waals surface area contributed by atoms with Crippen LogP contribution in [0, 0.1) is 11.8 Å². The highest BCUT2D eigenvalue weighted by Crippen LogP contribution is 2.83. The Morgan fingerprint density at radius 1 is 1.30 bits per heavy atom. The number of carbonyl (C=O) groups excluding carboxylic acids is 3. The van der Waals surface area contributed by atoms with E-state index in [1.54, 1.807) is 4.90 Å². The lowest BCUT2D eigenvalue weighted by atomic mass is 9.88. The van der Waals surface area contributed by atoms with E-state index in [0.717, 1.165) is 5.69 Å². The third kappa shape index (κ3) is 2.18. The fourth-order valence-electron chi connectivity index (χ4n) is 5.10. The second kappa shape index (κ2) is 5.37. The van der Waals surface area contributed by atoms with Gasteiger partial charge in [-0.3, -0.25) is 9.69 Å². The summed E-state index contributed by atoms with van der Waals surface area (Å²) in [5.41, 5.74) is 2.07. The number of nitrogens with zero attached hydrogens (tertiary/aromatic N) is 2. The molecule has 3 atom stereocenters. The zero-order valence-electron chi connectivity index (χ0n) is 15.2. The molecule has 2 bridgehead atoms. The number of hydrogen-bond donors (Lipinski definition) is 1. The zero-order chi connectivity index (χ0) is 18.9. The number of amides is 3. The van der Waals surface area contributed by atoms with Crippen molar-refractivity contribution in [1.29, 1.82) is 0 Å². The minimum atomic E-state index is -0.400. The number of carbonyl (C=O) groups is 3. The topological polar surface area (TPSA) is 88.2 Å². The van der Waals surface area contributed by atoms with Gasteiger partial charge in [-0.05, 0) is 29.5 Å². The van der Waals surface area contributed by atoms with Crippen LogP contribution in [0.3, 0.4) is 0 Å². The van der Waals surface area contributed by atoms with Crippen LogP contribution in [-0.2, 0) is 19.7 Å². The fraction of sp³-hybridized carbons (Fsp3) is 0.526. The smallest absolute Gasteiger partial charge is 0.414 e. The Balaban J connectivity index is 1.27. The molecule has 3 aliphatic heterocycles. The van der Waals surface area contributed by atoms with E-state index >= 15 is 0 Å². The van der Waals surface area contributed by atoms with Crippen molar-refractivity contribution in [3.8, 4) is 0 Å². The molecule has 0 aromatic heterocycles. The van der Waals surface area contributed by atoms with E-state index in [1.165, 1.54) is 19.6 Å². The molecular weight excluding hydrogens is 350 g/mol. The largest absolute Gasteiger partial charge is 0.453 e. The Morgan fingerprint density at radius 2 is 2.00 bits per heavy atom. The van der Waals surface area contributed by atoms with Gasteiger partial charge in [0.15, 0.2) is 0 Å². The third-order valence-electron chi connectivity index (χ3n) is 6.43. The van der Waals surface area contributed by atoms with Gasteiger partial charge in [0.05, 0.1) is 20.2 Å². The average Bonchev–Trinajstić information content (AvgIpc) is 3.39. The number of ether oxygens (including phenoxy) is 2. The van der Waals surface area contributed by atoms with E-state index in [1.807, 2.05) is 29.2 Å². The number of fused-ring (bicyclic) bond motifs is 1. The Kier molecular flexibility index (Phi) is 3.26. The number of benzene rings is 1. The molecule has 1 aromatic carbocycles. The lowest BCUT2D eigenvalue weighted by molar-refractivity contribution is -0.119. The maximum atomic E-state index is 12.1. The summed E-state index contributed by atoms with van der Waals surface area (Å²) in [4.78, 5) is 38.4. The maximum Gasteiger partial charge on any atom is 0.414 e. The molecule has 142 valence electrons. The van der Waals surface area contributed by atoms with Gasteiger partial charge in [-0.2, -0.15) is 0 Å². The molecule has 3 amide bonds. The van der Waals surface area contributed by atoms with Crippen LogP contribution in [0.5, 0.6) is 0 Å². The Hall–Kier alpha value is -2.77. The molecule has 0 radical (unpaired) electrons. The summed E-state index contributed by atoms with van der Waals surface area (Å²) < 4.78 is 10.2. The Bertz CT molecular complexity index is 828. The highest BCUT2D eigenvalue weighted by atomic mass is 16.6. The molecule has 2 saturated carbocycles. The van der Waals surface area contributed by atoms with Gasteiger partial charge in [-0.1, -0.05) is 12.1 Å². The van der Waals surface area contributed by atoms with Crippen LogP contribution < -0.4 is 10.2 Å². The summed E-state index contributed by atoms with van der Waals surface area (Å²) in [5.74, 6) is 0.967. The minimum absolute atomic E-state index is 0.0802. The molecule has 1 aromatic rings. The molecule has 27 heavy (non-hydrogen) atoms. The molecule has 2 aliphatic carbocycles. The van der Waals surface area contributed by atoms with Gasteiger partial charge < -0.3 is 19.7 Å². The lowest BCUT2D eigenvalue weighted by Crippen LogP contribution is -2.33. The molecule has 5 aliphatic rings. The number of rotatable bonds is 4. The number of hydrogen-bond acceptors (Lipinski definition) is 5. The predicted octanol–water partition coefficient (Wildman–Crippen LogP) is 1.10. The van der Waals surface area contributed by atoms with E-state index < -0.39 is 6.09 Å². The summed E-state index contributed by atoms with van der Waals surface area (Å²) in [6, 6.07) is 8.31. The van der Waals surface area contributed by atoms with Gasteiger partial charge >= 0.3 is 12.2 Å². The van der Waals surface area contributed by atoms with Gasteiger partial charge in [0.25, 0.3) is 0 Å². The van der Waals surface area contributed by atoms with E-state index in [0.29, 0.717) is 37.5 Å². The Labute approximate surface area is 156 Å². The summed E-state index contributed by atoms with van der Waals surface area (Å²) in [7, 11) is 1.42. The summed E-state index contributed by atoms with van der Waals surface area (Å²) in [6.07, 6.45) is -0.989. The van der Waals surface area contributed by atoms with Crippen LogP contribution in [0.2, 0.25) is 0 Å². The molecule has 3 heterocycles. The molecule has 8 heteroatoms. The number of anilines is 1. The average molecular weight is 371 g/mol. The van der Waals surface area contributed by atoms with Gasteiger partial charge in [0.2, 0.25) is 5.91 Å². The van der Waals surface area contributed by atoms with Crippen molar-refractivity contribution in [3.05, 3.63) is 29.8 Å². The van der Waals surface area contributed by atoms with Crippen LogP contribution in [0.1, 0.15) is 12.5 Å². The molecule has 6 rings (SSSR count). The second-order valence-corrected chi connectivity index (χ2v) is 7.78. The molecule has 8 nitrogen and oxygen atoms in total. The van der Waals surface area contributed by atoms with Crippen molar-refractivity contribution >= 4 is 23.8 Å². The van der Waals surface area contributed by atoms with Crippen molar-refractivity contribution in [3.63, 3.8) is 0 Å². The predicted molar refractivity (Wildman–Crippen MR) is 94.3 cm³/mol. The van der Waals surface area contributed by atoms with Crippen molar-refractivity contribution in [2.45, 2.75) is 24.5 Å². The first kappa shape index (κ1) is 16.4. The third-order valence-corrected chi connectivity index (χ3v) is 6.43. The highest BCUT2D eigenvalue weighted by molar-refractivity contribution is 5.90. The molecule has 1 N–H and O–H groups in total. The molecule has 0 spiro atoms. The fourth-order valence-corrected chi connectivity index (χ4v) is 5.10. The standard InChI is InChI=1S/C19H21N3O5/c1-10(23)20-7-13-8-21(18(25)27-13)12-5-3-11(4-6-12)19-9-22(17(24)26-2)16-14(19)15(16)19/h3-6,13-16H,7-9H2,1-2H3,(H,20,23). The van der Waals surface area contributed by atoms with Crippen LogP contribution in [0.25, 0.3) is 0 Å². The van der Waals surface area contributed by atoms with Gasteiger partial charge in [-0.15, -0.1) is 0 Å². The first-order chi connectivity index (χ1) is 13.0. The first-order valence-electron chi connectivity index (χ1n) is 9.15. The SMILES string of the molecule is COC(=O)N1CC2(c3ccc(N4CC(CNC(C)=O)OC4=O)cc3)C3C1C32. The van der Waals surface area contributed by atoms with Crippen LogP contribution >= 0.6 is 0 Å². The van der Waals surface area contributed by atoms with Gasteiger partial charge in [0.1, 0.15) is 6.10 Å². The monoisotopic (exact) mass is 371 g/mol. The van der Waals surface area contributed by atoms with Gasteiger partial charge in [0, 0.05) is 30.6 Å². The molecule has 5 fully saturated rings. The normalized spacial score (nSPS) is 34.8. The number of nitrogens with one attached hydrogen (secondary N) is 1. The summed E-state index contributed by atoms with van der Waals surface area (Å²) in [6.45, 7) is 2.87. The van der Waals surface area contributed by atoms with E-state index in [9.17, 15) is 14.4 Å². The van der Waals surface area contributed by atoms with Crippen molar-refractivity contribution < 1.29 is 23.9 Å². The molecule has 3 unspecified atom stereocenters. The van der Waals surface area contributed by atoms with Gasteiger partial charge in [-0.25, -0.2) is 9.59 Å². The summed E-state index contributed by atoms with van der Waals surface area (Å²) in [5, 5.41) is 2.67. The number of piperidine rings is 1. The second-order valence-electron chi connectivity index (χ2n) is 7.78. The Morgan fingerprint density at radius 3 is 2.63 bits per heavy atom. The quantitative estimate of drug-likeness (QED) is 0.856. The highest BCUT2D eigenvalue weighted by Gasteiger charge is 2.91. The zero-order valence-corrected chi connectivity index (χ0v) is 15.2. The number of cyclic esters (lactones) is 1. The van der Waals surface area contributed by atoms with E-state index in [2.05, 4.69) is 5.32 Å². The lowest BCUT2D eigenvalue weighted by Gasteiger charge is -2.18. The van der Waals surface area contributed by atoms with Crippen LogP contribution in [-0.4, -0.2) is 61.9 Å². The van der Waals surface area contributed by atoms with E-state index in [4.69, 9.17) is 9.47 Å². The van der Waals surface area contributed by atoms with Crippen molar-refractivity contribution in [2.24, 2.45) is 11.8 Å². The first-order valence-corrected chi connectivity index (χ1v) is 9.15. The molecule has 3 saturated heterocycles. The van der Waals surface area contributed by atoms with E-state index in [-0.39, 0.29) is 23.5 Å². The van der Waals surface area contributed by atoms with Crippen molar-refractivity contribution in [2.75, 3.05) is 31.6 Å². The van der Waals surface area contributed by atoms with Crippen LogP contribution in [0.4, 0.5) is 15.3 Å².